The van der Waals surface area contributed by atoms with Crippen molar-refractivity contribution in [3.8, 4) is 0 Å². The van der Waals surface area contributed by atoms with Gasteiger partial charge in [0.05, 0.1) is 0 Å². The van der Waals surface area contributed by atoms with E-state index in [9.17, 15) is 0 Å². The third kappa shape index (κ3) is 57.3. The molecule has 2 N–H and O–H groups in total. The molecule has 0 amide bonds. The predicted octanol–water partition coefficient (Wildman–Crippen LogP) is -2.27. The first-order valence-electron chi connectivity index (χ1n) is 0.698. The molecule has 0 aromatic carbocycles. The van der Waals surface area contributed by atoms with Gasteiger partial charge in [0.1, 0.15) is 0 Å². The fourth-order valence-corrected chi connectivity index (χ4v) is 0. The van der Waals surface area contributed by atoms with E-state index in [-0.39, 0.29) is 73.3 Å². The van der Waals surface area contributed by atoms with Crippen molar-refractivity contribution in [2.45, 2.75) is 0 Å². The molecular weight excluding hydrogens is 295 g/mol. The van der Waals surface area contributed by atoms with Gasteiger partial charge < -0.3 is 0 Å². The van der Waals surface area contributed by atoms with Gasteiger partial charge in [0.25, 0.3) is 0 Å². The van der Waals surface area contributed by atoms with Gasteiger partial charge in [-0.15, -0.1) is 0 Å². The van der Waals surface area contributed by atoms with Crippen LogP contribution in [0.2, 0.25) is 0 Å². The van der Waals surface area contributed by atoms with E-state index < -0.39 is 13.6 Å². The molecule has 7 heavy (non-hydrogen) atoms. The summed E-state index contributed by atoms with van der Waals surface area (Å²) in [6, 6.07) is 0. The first-order valence-corrected chi connectivity index (χ1v) is 2.88. The van der Waals surface area contributed by atoms with E-state index in [4.69, 9.17) is 15.9 Å². The van der Waals surface area contributed by atoms with Crippen LogP contribution < -0.4 is 0 Å². The molecule has 0 heterocycles. The molecule has 0 aliphatic heterocycles. The monoisotopic (exact) mass is 299 g/mol. The van der Waals surface area contributed by atoms with Crippen molar-refractivity contribution in [3.05, 3.63) is 0 Å². The Morgan fingerprint density at radius 3 is 1.14 bits per heavy atom. The van der Waals surface area contributed by atoms with Gasteiger partial charge in [0.2, 0.25) is 0 Å². The van der Waals surface area contributed by atoms with Crippen LogP contribution in [0, 0.1) is 35.6 Å². The summed E-state index contributed by atoms with van der Waals surface area (Å²) in [6.07, 6.45) is 0. The third-order valence-corrected chi connectivity index (χ3v) is 0. The Morgan fingerprint density at radius 2 is 1.14 bits per heavy atom. The molecule has 0 aliphatic carbocycles. The van der Waals surface area contributed by atoms with Crippen LogP contribution >= 0.6 is 0 Å². The maximum absolute atomic E-state index is 8.82. The van der Waals surface area contributed by atoms with E-state index in [0.29, 0.717) is 0 Å². The van der Waals surface area contributed by atoms with Crippen LogP contribution in [-0.2, 0) is 21.2 Å². The van der Waals surface area contributed by atoms with Crippen molar-refractivity contribution in [1.82, 2.24) is 0 Å². The molecule has 7 heteroatoms. The molecule has 0 saturated heterocycles. The second-order valence-electron chi connectivity index (χ2n) is 0.448. The zero-order valence-electron chi connectivity index (χ0n) is 2.70. The second-order valence-corrected chi connectivity index (χ2v) is 1.85. The van der Waals surface area contributed by atoms with Crippen molar-refractivity contribution < 1.29 is 65.1 Å². The van der Waals surface area contributed by atoms with E-state index in [2.05, 4.69) is 0 Å². The molecule has 0 rings (SSSR count). The molecular formula is H4CaCrLaO4. The van der Waals surface area contributed by atoms with Gasteiger partial charge in [-0.3, -0.25) is 0 Å². The number of hydrogen-bond acceptors (Lipinski definition) is 2. The van der Waals surface area contributed by atoms with Gasteiger partial charge in [-0.1, -0.05) is 0 Å². The summed E-state index contributed by atoms with van der Waals surface area (Å²) in [7, 11) is 0. The average Bonchev–Trinajstić information content (AvgIpc) is 0.722. The minimum absolute atomic E-state index is 0. The van der Waals surface area contributed by atoms with E-state index in [1.165, 1.54) is 0 Å². The SMILES string of the molecule is [CaH2].[La].[O]=[Cr](=[O])([OH])[OH]. The molecule has 0 atom stereocenters. The normalized spacial score (nSPS) is 8.29. The molecule has 0 unspecified atom stereocenters. The van der Waals surface area contributed by atoms with E-state index >= 15 is 0 Å². The van der Waals surface area contributed by atoms with Gasteiger partial charge in [-0.05, 0) is 0 Å². The zero-order valence-corrected chi connectivity index (χ0v) is 7.60. The Hall–Kier alpha value is 2.51. The van der Waals surface area contributed by atoms with Gasteiger partial charge in [-0.2, -0.15) is 0 Å². The molecule has 0 aromatic rings. The summed E-state index contributed by atoms with van der Waals surface area (Å²) in [5, 5.41) is 0. The first-order chi connectivity index (χ1) is 2.00. The van der Waals surface area contributed by atoms with E-state index in [1.54, 1.807) is 0 Å². The van der Waals surface area contributed by atoms with Gasteiger partial charge in [0.15, 0.2) is 0 Å². The molecule has 0 aromatic heterocycles. The van der Waals surface area contributed by atoms with E-state index in [1.807, 2.05) is 0 Å². The Bertz CT molecular complexity index is 94.9. The Morgan fingerprint density at radius 1 is 1.14 bits per heavy atom. The summed E-state index contributed by atoms with van der Waals surface area (Å²) >= 11 is -5.25. The van der Waals surface area contributed by atoms with Gasteiger partial charge in [0, 0.05) is 35.6 Å². The fraction of sp³-hybridized carbons (Fsp3) is 0. The first kappa shape index (κ1) is 16.2. The standard InChI is InChI=1S/Ca.Cr.La.2H2O.2O.2H/h;;;2*1H2;;;;/q;+2;;;;;;;/p-2. The van der Waals surface area contributed by atoms with Crippen LogP contribution in [0.5, 0.6) is 0 Å². The van der Waals surface area contributed by atoms with Crippen LogP contribution in [0.3, 0.4) is 0 Å². The van der Waals surface area contributed by atoms with Crippen molar-refractivity contribution in [2.24, 2.45) is 0 Å². The average molecular weight is 299 g/mol. The summed E-state index contributed by atoms with van der Waals surface area (Å²) < 4.78 is 31.9. The summed E-state index contributed by atoms with van der Waals surface area (Å²) in [6.45, 7) is 0. The van der Waals surface area contributed by atoms with Crippen molar-refractivity contribution in [1.29, 1.82) is 0 Å². The molecule has 0 spiro atoms. The van der Waals surface area contributed by atoms with Crippen molar-refractivity contribution >= 4 is 37.7 Å². The topological polar surface area (TPSA) is 74.6 Å². The van der Waals surface area contributed by atoms with Gasteiger partial charge in [-0.25, -0.2) is 0 Å². The van der Waals surface area contributed by atoms with Crippen molar-refractivity contribution in [3.63, 3.8) is 0 Å². The molecule has 0 aliphatic rings. The quantitative estimate of drug-likeness (QED) is 0.495. The van der Waals surface area contributed by atoms with E-state index in [0.717, 1.165) is 0 Å². The van der Waals surface area contributed by atoms with Crippen LogP contribution in [0.1, 0.15) is 0 Å². The molecule has 0 bridgehead atoms. The second kappa shape index (κ2) is 6.62. The molecule has 1 radical (unpaired) electrons. The maximum atomic E-state index is 8.82. The van der Waals surface area contributed by atoms with Crippen molar-refractivity contribution in [2.75, 3.05) is 0 Å². The number of hydrogen-bond donors (Lipinski definition) is 2. The Kier molecular flexibility index (Phi) is 15.4. The summed E-state index contributed by atoms with van der Waals surface area (Å²) in [5.74, 6) is 0. The van der Waals surface area contributed by atoms with Crippen LogP contribution in [-0.4, -0.2) is 46.1 Å². The summed E-state index contributed by atoms with van der Waals surface area (Å²) in [5.41, 5.74) is 0. The predicted molar refractivity (Wildman–Crippen MR) is 14.4 cm³/mol. The molecule has 39 valence electrons. The Balaban J connectivity index is -0.0000000800. The van der Waals surface area contributed by atoms with Crippen LogP contribution in [0.4, 0.5) is 0 Å². The summed E-state index contributed by atoms with van der Waals surface area (Å²) in [4.78, 5) is 0. The van der Waals surface area contributed by atoms with Gasteiger partial charge >= 0.3 is 67.3 Å². The fourth-order valence-electron chi connectivity index (χ4n) is 0. The third-order valence-electron chi connectivity index (χ3n) is 0. The number of rotatable bonds is 0. The molecule has 4 nitrogen and oxygen atoms in total. The van der Waals surface area contributed by atoms with Crippen LogP contribution in [0.25, 0.3) is 0 Å². The minimum atomic E-state index is -5.25. The molecule has 0 saturated carbocycles. The Labute approximate surface area is 101 Å². The zero-order chi connectivity index (χ0) is 4.50. The molecule has 0 fully saturated rings. The van der Waals surface area contributed by atoms with Crippen LogP contribution in [0.15, 0.2) is 0 Å².